The average molecular weight is 290 g/mol. The van der Waals surface area contributed by atoms with Crippen molar-refractivity contribution in [2.75, 3.05) is 27.2 Å². The van der Waals surface area contributed by atoms with E-state index in [-0.39, 0.29) is 5.60 Å². The van der Waals surface area contributed by atoms with E-state index in [4.69, 9.17) is 9.47 Å². The van der Waals surface area contributed by atoms with Gasteiger partial charge in [-0.05, 0) is 39.1 Å². The summed E-state index contributed by atoms with van der Waals surface area (Å²) >= 11 is 0. The molecule has 21 heavy (non-hydrogen) atoms. The fourth-order valence-electron chi connectivity index (χ4n) is 3.60. The van der Waals surface area contributed by atoms with E-state index in [9.17, 15) is 0 Å². The molecule has 2 aliphatic rings. The van der Waals surface area contributed by atoms with Gasteiger partial charge in [-0.25, -0.2) is 0 Å². The molecule has 0 amide bonds. The van der Waals surface area contributed by atoms with Gasteiger partial charge in [0.05, 0.1) is 7.11 Å². The minimum atomic E-state index is -0.0421. The number of nitrogens with one attached hydrogen (secondary N) is 1. The zero-order chi connectivity index (χ0) is 15.0. The molecule has 1 fully saturated rings. The van der Waals surface area contributed by atoms with Gasteiger partial charge < -0.3 is 14.8 Å². The lowest BCUT2D eigenvalue weighted by Gasteiger charge is -2.40. The first-order chi connectivity index (χ1) is 10.1. The number of methoxy groups -OCH3 is 1. The normalized spacial score (nSPS) is 28.7. The third kappa shape index (κ3) is 2.62. The van der Waals surface area contributed by atoms with Crippen molar-refractivity contribution in [3.63, 3.8) is 0 Å². The lowest BCUT2D eigenvalue weighted by Crippen LogP contribution is -2.46. The van der Waals surface area contributed by atoms with Crippen molar-refractivity contribution < 1.29 is 9.47 Å². The van der Waals surface area contributed by atoms with Gasteiger partial charge in [0.1, 0.15) is 17.1 Å². The molecule has 1 aromatic rings. The van der Waals surface area contributed by atoms with Gasteiger partial charge in [-0.2, -0.15) is 0 Å². The highest BCUT2D eigenvalue weighted by Crippen LogP contribution is 2.45. The zero-order valence-corrected chi connectivity index (χ0v) is 13.5. The minimum absolute atomic E-state index is 0.0421. The number of hydrogen-bond acceptors (Lipinski definition) is 4. The Bertz CT molecular complexity index is 518. The third-order valence-electron chi connectivity index (χ3n) is 4.92. The molecule has 4 heteroatoms. The topological polar surface area (TPSA) is 33.7 Å². The van der Waals surface area contributed by atoms with Crippen LogP contribution >= 0.6 is 0 Å². The molecule has 0 aromatic heterocycles. The van der Waals surface area contributed by atoms with Gasteiger partial charge in [0.2, 0.25) is 0 Å². The summed E-state index contributed by atoms with van der Waals surface area (Å²) in [6.07, 6.45) is 2.13. The Morgan fingerprint density at radius 3 is 2.86 bits per heavy atom. The number of rotatable bonds is 3. The Balaban J connectivity index is 1.89. The summed E-state index contributed by atoms with van der Waals surface area (Å²) in [5, 5.41) is 3.45. The van der Waals surface area contributed by atoms with E-state index in [0.717, 1.165) is 37.4 Å². The SMILES string of the molecule is CNC1CC2(CCN(C(C)C)C2)Oc2ccc(OC)cc21. The van der Waals surface area contributed by atoms with Crippen molar-refractivity contribution in [1.29, 1.82) is 0 Å². The van der Waals surface area contributed by atoms with Gasteiger partial charge in [0.15, 0.2) is 0 Å². The first kappa shape index (κ1) is 14.7. The zero-order valence-electron chi connectivity index (χ0n) is 13.5. The molecule has 2 unspecified atom stereocenters. The molecule has 2 heterocycles. The molecule has 2 aliphatic heterocycles. The van der Waals surface area contributed by atoms with Crippen LogP contribution in [-0.4, -0.2) is 43.8 Å². The van der Waals surface area contributed by atoms with E-state index < -0.39 is 0 Å². The fraction of sp³-hybridized carbons (Fsp3) is 0.647. The third-order valence-corrected chi connectivity index (χ3v) is 4.92. The summed E-state index contributed by atoms with van der Waals surface area (Å²) in [7, 11) is 3.74. The van der Waals surface area contributed by atoms with E-state index in [0.29, 0.717) is 12.1 Å². The maximum absolute atomic E-state index is 6.46. The largest absolute Gasteiger partial charge is 0.497 e. The highest BCUT2D eigenvalue weighted by atomic mass is 16.5. The van der Waals surface area contributed by atoms with Crippen LogP contribution in [0.3, 0.4) is 0 Å². The van der Waals surface area contributed by atoms with Gasteiger partial charge in [-0.15, -0.1) is 0 Å². The Labute approximate surface area is 127 Å². The molecular formula is C17H26N2O2. The van der Waals surface area contributed by atoms with Gasteiger partial charge in [0.25, 0.3) is 0 Å². The monoisotopic (exact) mass is 290 g/mol. The molecule has 4 nitrogen and oxygen atoms in total. The summed E-state index contributed by atoms with van der Waals surface area (Å²) in [6.45, 7) is 6.67. The maximum Gasteiger partial charge on any atom is 0.125 e. The van der Waals surface area contributed by atoms with Gasteiger partial charge in [-0.1, -0.05) is 0 Å². The molecule has 1 saturated heterocycles. The van der Waals surface area contributed by atoms with Crippen LogP contribution in [0.4, 0.5) is 0 Å². The smallest absolute Gasteiger partial charge is 0.125 e. The summed E-state index contributed by atoms with van der Waals surface area (Å²) in [6, 6.07) is 7.05. The van der Waals surface area contributed by atoms with Crippen LogP contribution in [0.2, 0.25) is 0 Å². The predicted octanol–water partition coefficient (Wildman–Crippen LogP) is 2.59. The highest BCUT2D eigenvalue weighted by Gasteiger charge is 2.46. The minimum Gasteiger partial charge on any atom is -0.497 e. The Morgan fingerprint density at radius 2 is 2.24 bits per heavy atom. The fourth-order valence-corrected chi connectivity index (χ4v) is 3.60. The molecule has 0 aliphatic carbocycles. The molecule has 0 saturated carbocycles. The summed E-state index contributed by atoms with van der Waals surface area (Å²) in [4.78, 5) is 2.52. The van der Waals surface area contributed by atoms with Gasteiger partial charge >= 0.3 is 0 Å². The second kappa shape index (κ2) is 5.50. The molecule has 116 valence electrons. The van der Waals surface area contributed by atoms with Crippen LogP contribution in [-0.2, 0) is 0 Å². The second-order valence-corrected chi connectivity index (χ2v) is 6.55. The lowest BCUT2D eigenvalue weighted by molar-refractivity contribution is 0.0364. The molecular weight excluding hydrogens is 264 g/mol. The van der Waals surface area contributed by atoms with Crippen LogP contribution in [0, 0.1) is 0 Å². The van der Waals surface area contributed by atoms with Crippen LogP contribution in [0.5, 0.6) is 11.5 Å². The van der Waals surface area contributed by atoms with Crippen molar-refractivity contribution in [2.45, 2.75) is 44.4 Å². The van der Waals surface area contributed by atoms with E-state index in [2.05, 4.69) is 36.2 Å². The number of ether oxygens (including phenoxy) is 2. The number of hydrogen-bond donors (Lipinski definition) is 1. The van der Waals surface area contributed by atoms with Gasteiger partial charge in [-0.3, -0.25) is 4.90 Å². The summed E-state index contributed by atoms with van der Waals surface area (Å²) < 4.78 is 11.8. The first-order valence-electron chi connectivity index (χ1n) is 7.85. The van der Waals surface area contributed by atoms with Crippen LogP contribution < -0.4 is 14.8 Å². The number of likely N-dealkylation sites (tertiary alicyclic amines) is 1. The molecule has 1 N–H and O–H groups in total. The second-order valence-electron chi connectivity index (χ2n) is 6.55. The van der Waals surface area contributed by atoms with Crippen LogP contribution in [0.1, 0.15) is 38.3 Å². The Morgan fingerprint density at radius 1 is 1.43 bits per heavy atom. The molecule has 1 spiro atoms. The van der Waals surface area contributed by atoms with Gasteiger partial charge in [0, 0.05) is 43.6 Å². The molecule has 1 aromatic carbocycles. The summed E-state index contributed by atoms with van der Waals surface area (Å²) in [5.41, 5.74) is 1.17. The van der Waals surface area contributed by atoms with E-state index >= 15 is 0 Å². The standard InChI is InChI=1S/C17H26N2O2/c1-12(2)19-8-7-17(11-19)10-15(18-3)14-9-13(20-4)5-6-16(14)21-17/h5-6,9,12,15,18H,7-8,10-11H2,1-4H3. The quantitative estimate of drug-likeness (QED) is 0.928. The van der Waals surface area contributed by atoms with Crippen molar-refractivity contribution in [2.24, 2.45) is 0 Å². The Hall–Kier alpha value is -1.26. The Kier molecular flexibility index (Phi) is 3.84. The number of fused-ring (bicyclic) bond motifs is 1. The van der Waals surface area contributed by atoms with E-state index in [1.807, 2.05) is 13.1 Å². The molecule has 2 atom stereocenters. The van der Waals surface area contributed by atoms with Crippen LogP contribution in [0.25, 0.3) is 0 Å². The lowest BCUT2D eigenvalue weighted by atomic mass is 9.86. The van der Waals surface area contributed by atoms with Crippen molar-refractivity contribution in [3.8, 4) is 11.5 Å². The molecule has 3 rings (SSSR count). The average Bonchev–Trinajstić information content (AvgIpc) is 2.89. The summed E-state index contributed by atoms with van der Waals surface area (Å²) in [5.74, 6) is 1.90. The number of nitrogens with zero attached hydrogens (tertiary/aromatic N) is 1. The van der Waals surface area contributed by atoms with E-state index in [1.54, 1.807) is 7.11 Å². The first-order valence-corrected chi connectivity index (χ1v) is 7.85. The number of benzene rings is 1. The maximum atomic E-state index is 6.46. The van der Waals surface area contributed by atoms with E-state index in [1.165, 1.54) is 5.56 Å². The van der Waals surface area contributed by atoms with Crippen molar-refractivity contribution in [3.05, 3.63) is 23.8 Å². The molecule has 0 bridgehead atoms. The molecule has 0 radical (unpaired) electrons. The van der Waals surface area contributed by atoms with Crippen LogP contribution in [0.15, 0.2) is 18.2 Å². The van der Waals surface area contributed by atoms with Crippen molar-refractivity contribution in [1.82, 2.24) is 10.2 Å². The predicted molar refractivity (Wildman–Crippen MR) is 84.1 cm³/mol. The highest BCUT2D eigenvalue weighted by molar-refractivity contribution is 5.44. The van der Waals surface area contributed by atoms with Crippen molar-refractivity contribution >= 4 is 0 Å².